The highest BCUT2D eigenvalue weighted by Crippen LogP contribution is 2.44. The van der Waals surface area contributed by atoms with E-state index < -0.39 is 0 Å². The smallest absolute Gasteiger partial charge is 0.170 e. The van der Waals surface area contributed by atoms with Crippen molar-refractivity contribution >= 4 is 17.3 Å². The summed E-state index contributed by atoms with van der Waals surface area (Å²) < 4.78 is 2.45. The van der Waals surface area contributed by atoms with Gasteiger partial charge in [0.05, 0.1) is 23.5 Å². The number of hydrogen-bond acceptors (Lipinski definition) is 2. The van der Waals surface area contributed by atoms with Gasteiger partial charge in [-0.2, -0.15) is 0 Å². The largest absolute Gasteiger partial charge is 0.352 e. The van der Waals surface area contributed by atoms with E-state index in [0.717, 1.165) is 10.8 Å². The lowest BCUT2D eigenvalue weighted by atomic mass is 9.90. The molecule has 1 aromatic carbocycles. The van der Waals surface area contributed by atoms with E-state index in [4.69, 9.17) is 17.2 Å². The van der Waals surface area contributed by atoms with Gasteiger partial charge in [-0.25, -0.2) is 0 Å². The number of nitrogens with one attached hydrogen (secondary N) is 1. The first-order chi connectivity index (χ1) is 16.4. The number of benzene rings is 1. The lowest BCUT2D eigenvalue weighted by Gasteiger charge is -2.37. The Labute approximate surface area is 209 Å². The zero-order valence-corrected chi connectivity index (χ0v) is 21.9. The van der Waals surface area contributed by atoms with Gasteiger partial charge in [-0.3, -0.25) is 4.98 Å². The minimum atomic E-state index is 0.0461. The van der Waals surface area contributed by atoms with E-state index >= 15 is 0 Å². The average molecular weight is 473 g/mol. The molecule has 34 heavy (non-hydrogen) atoms. The van der Waals surface area contributed by atoms with Crippen molar-refractivity contribution in [3.63, 3.8) is 0 Å². The molecule has 0 spiro atoms. The molecule has 2 aromatic heterocycles. The van der Waals surface area contributed by atoms with E-state index in [2.05, 4.69) is 79.7 Å². The van der Waals surface area contributed by atoms with Gasteiger partial charge in [-0.05, 0) is 94.6 Å². The predicted octanol–water partition coefficient (Wildman–Crippen LogP) is 6.72. The van der Waals surface area contributed by atoms with E-state index in [1.807, 2.05) is 12.3 Å². The van der Waals surface area contributed by atoms with Crippen LogP contribution in [0.4, 0.5) is 0 Å². The zero-order valence-electron chi connectivity index (χ0n) is 21.1. The Morgan fingerprint density at radius 1 is 0.941 bits per heavy atom. The van der Waals surface area contributed by atoms with Gasteiger partial charge >= 0.3 is 0 Å². The zero-order chi connectivity index (χ0) is 24.0. The first kappa shape index (κ1) is 23.1. The Bertz CT molecular complexity index is 1180. The molecule has 1 N–H and O–H groups in total. The molecular weight excluding hydrogens is 436 g/mol. The van der Waals surface area contributed by atoms with Crippen LogP contribution in [0.25, 0.3) is 5.69 Å². The van der Waals surface area contributed by atoms with E-state index in [1.165, 1.54) is 71.4 Å². The quantitative estimate of drug-likeness (QED) is 0.427. The molecule has 0 radical (unpaired) electrons. The fraction of sp³-hybridized carbons (Fsp3) is 0.448. The molecule has 3 aromatic rings. The van der Waals surface area contributed by atoms with Crippen molar-refractivity contribution in [2.75, 3.05) is 0 Å². The fourth-order valence-electron chi connectivity index (χ4n) is 6.41. The monoisotopic (exact) mass is 472 g/mol. The molecule has 3 heterocycles. The van der Waals surface area contributed by atoms with Gasteiger partial charge in [0.25, 0.3) is 0 Å². The van der Waals surface area contributed by atoms with Crippen LogP contribution in [-0.2, 0) is 0 Å². The first-order valence-electron chi connectivity index (χ1n) is 12.6. The van der Waals surface area contributed by atoms with Crippen molar-refractivity contribution in [3.05, 3.63) is 81.9 Å². The summed E-state index contributed by atoms with van der Waals surface area (Å²) in [5, 5.41) is 4.55. The number of aryl methyl sites for hydroxylation is 4. The number of nitrogens with zero attached hydrogens (tertiary/aromatic N) is 3. The van der Waals surface area contributed by atoms with Gasteiger partial charge in [-0.15, -0.1) is 0 Å². The van der Waals surface area contributed by atoms with Crippen LogP contribution in [0.1, 0.15) is 83.5 Å². The van der Waals surface area contributed by atoms with E-state index in [0.29, 0.717) is 6.04 Å². The van der Waals surface area contributed by atoms with Crippen LogP contribution in [-0.4, -0.2) is 25.6 Å². The van der Waals surface area contributed by atoms with E-state index in [-0.39, 0.29) is 12.1 Å². The van der Waals surface area contributed by atoms with Crippen LogP contribution in [0.5, 0.6) is 0 Å². The van der Waals surface area contributed by atoms with Gasteiger partial charge in [0.1, 0.15) is 0 Å². The molecular formula is C29H36N4S. The highest BCUT2D eigenvalue weighted by atomic mass is 32.1. The molecule has 0 bridgehead atoms. The predicted molar refractivity (Wildman–Crippen MR) is 144 cm³/mol. The third kappa shape index (κ3) is 3.94. The van der Waals surface area contributed by atoms with Gasteiger partial charge in [0.2, 0.25) is 0 Å². The third-order valence-electron chi connectivity index (χ3n) is 7.75. The third-order valence-corrected chi connectivity index (χ3v) is 8.08. The molecule has 2 fully saturated rings. The van der Waals surface area contributed by atoms with Crippen LogP contribution in [0.15, 0.2) is 42.6 Å². The second-order valence-corrected chi connectivity index (χ2v) is 10.6. The number of pyridine rings is 1. The molecule has 178 valence electrons. The minimum Gasteiger partial charge on any atom is -0.352 e. The number of rotatable bonds is 4. The van der Waals surface area contributed by atoms with Crippen molar-refractivity contribution in [3.8, 4) is 5.69 Å². The maximum atomic E-state index is 5.99. The Morgan fingerprint density at radius 2 is 1.65 bits per heavy atom. The minimum absolute atomic E-state index is 0.0461. The normalized spacial score (nSPS) is 21.2. The lowest BCUT2D eigenvalue weighted by Crippen LogP contribution is -2.40. The molecule has 1 aliphatic carbocycles. The number of thiocarbonyl (C=S) groups is 1. The van der Waals surface area contributed by atoms with Gasteiger partial charge in [0.15, 0.2) is 5.11 Å². The van der Waals surface area contributed by atoms with Crippen LogP contribution in [0.2, 0.25) is 0 Å². The Morgan fingerprint density at radius 3 is 2.29 bits per heavy atom. The van der Waals surface area contributed by atoms with Crippen LogP contribution >= 0.6 is 12.2 Å². The summed E-state index contributed by atoms with van der Waals surface area (Å²) in [7, 11) is 0. The molecule has 5 rings (SSSR count). The Hall–Kier alpha value is -2.66. The number of hydrogen-bond donors (Lipinski definition) is 1. The lowest BCUT2D eigenvalue weighted by molar-refractivity contribution is 0.197. The molecule has 1 saturated heterocycles. The molecule has 2 atom stereocenters. The molecule has 4 nitrogen and oxygen atoms in total. The van der Waals surface area contributed by atoms with Crippen LogP contribution in [0.3, 0.4) is 0 Å². The molecule has 2 aliphatic rings. The average Bonchev–Trinajstić information content (AvgIpc) is 3.30. The van der Waals surface area contributed by atoms with E-state index in [1.54, 1.807) is 0 Å². The van der Waals surface area contributed by atoms with Crippen molar-refractivity contribution in [2.24, 2.45) is 0 Å². The summed E-state index contributed by atoms with van der Waals surface area (Å²) in [5.41, 5.74) is 10.2. The summed E-state index contributed by atoms with van der Waals surface area (Å²) in [6.07, 6.45) is 8.21. The summed E-state index contributed by atoms with van der Waals surface area (Å²) in [5.74, 6) is 0. The first-order valence-corrected chi connectivity index (χ1v) is 13.0. The molecule has 1 aliphatic heterocycles. The van der Waals surface area contributed by atoms with E-state index in [9.17, 15) is 0 Å². The second kappa shape index (κ2) is 9.18. The molecule has 5 heteroatoms. The van der Waals surface area contributed by atoms with Crippen molar-refractivity contribution in [1.82, 2.24) is 19.8 Å². The SMILES string of the molecule is Cc1cc(C)c(-n2c(C)cc(C3C(c4ccccn4)NC(=S)N3C3CCCCC3)c2C)c(C)c1. The van der Waals surface area contributed by atoms with Gasteiger partial charge in [0, 0.05) is 23.6 Å². The van der Waals surface area contributed by atoms with Crippen molar-refractivity contribution < 1.29 is 0 Å². The molecule has 1 saturated carbocycles. The van der Waals surface area contributed by atoms with Crippen molar-refractivity contribution in [2.45, 2.75) is 84.8 Å². The second-order valence-electron chi connectivity index (χ2n) is 10.2. The summed E-state index contributed by atoms with van der Waals surface area (Å²) >= 11 is 5.99. The maximum Gasteiger partial charge on any atom is 0.170 e. The summed E-state index contributed by atoms with van der Waals surface area (Å²) in [6, 6.07) is 13.8. The Kier molecular flexibility index (Phi) is 6.24. The number of aromatic nitrogens is 2. The van der Waals surface area contributed by atoms with Crippen LogP contribution < -0.4 is 5.32 Å². The topological polar surface area (TPSA) is 33.1 Å². The summed E-state index contributed by atoms with van der Waals surface area (Å²) in [6.45, 7) is 11.1. The maximum absolute atomic E-state index is 5.99. The van der Waals surface area contributed by atoms with Crippen molar-refractivity contribution in [1.29, 1.82) is 0 Å². The highest BCUT2D eigenvalue weighted by molar-refractivity contribution is 7.80. The highest BCUT2D eigenvalue weighted by Gasteiger charge is 2.44. The fourth-order valence-corrected chi connectivity index (χ4v) is 6.80. The Balaban J connectivity index is 1.66. The molecule has 2 unspecified atom stereocenters. The molecule has 0 amide bonds. The van der Waals surface area contributed by atoms with Gasteiger partial charge in [-0.1, -0.05) is 43.0 Å². The van der Waals surface area contributed by atoms with Crippen LogP contribution in [0, 0.1) is 34.6 Å². The van der Waals surface area contributed by atoms with Gasteiger partial charge < -0.3 is 14.8 Å². The summed E-state index contributed by atoms with van der Waals surface area (Å²) in [4.78, 5) is 7.27. The standard InChI is InChI=1S/C29H36N4S/c1-18-15-19(2)27(20(3)16-18)32-21(4)17-24(22(32)5)28-26(25-13-9-10-14-30-25)31-29(34)33(28)23-11-7-6-8-12-23/h9-10,13-17,23,26,28H,6-8,11-12H2,1-5H3,(H,31,34).